The van der Waals surface area contributed by atoms with Crippen LogP contribution in [0.15, 0.2) is 60.7 Å². The van der Waals surface area contributed by atoms with E-state index in [-0.39, 0.29) is 32.3 Å². The standard InChI is InChI=1S/C20H10Cl2N2O6/c21-15-6-4-13(9-17(15)23(27)28)19(25)11-2-1-3-12(8-11)20(26)14-5-7-16(22)18(10-14)24(29)30/h1-10H. The molecule has 0 aliphatic heterocycles. The zero-order chi connectivity index (χ0) is 22.0. The number of hydrogen-bond acceptors (Lipinski definition) is 6. The van der Waals surface area contributed by atoms with Crippen LogP contribution in [0, 0.1) is 20.2 Å². The van der Waals surface area contributed by atoms with Crippen molar-refractivity contribution in [3.63, 3.8) is 0 Å². The van der Waals surface area contributed by atoms with E-state index in [2.05, 4.69) is 0 Å². The second-order valence-corrected chi connectivity index (χ2v) is 6.90. The first-order valence-corrected chi connectivity index (χ1v) is 9.02. The van der Waals surface area contributed by atoms with Gasteiger partial charge >= 0.3 is 0 Å². The average molecular weight is 445 g/mol. The Bertz CT molecular complexity index is 1130. The van der Waals surface area contributed by atoms with Gasteiger partial charge in [-0.05, 0) is 30.3 Å². The normalized spacial score (nSPS) is 10.5. The molecule has 0 saturated carbocycles. The molecule has 3 rings (SSSR count). The van der Waals surface area contributed by atoms with Crippen molar-refractivity contribution >= 4 is 46.1 Å². The van der Waals surface area contributed by atoms with Crippen molar-refractivity contribution in [2.45, 2.75) is 0 Å². The largest absolute Gasteiger partial charge is 0.289 e. The maximum Gasteiger partial charge on any atom is 0.288 e. The fourth-order valence-corrected chi connectivity index (χ4v) is 3.10. The summed E-state index contributed by atoms with van der Waals surface area (Å²) >= 11 is 11.5. The van der Waals surface area contributed by atoms with Gasteiger partial charge in [-0.15, -0.1) is 0 Å². The van der Waals surface area contributed by atoms with Crippen LogP contribution in [0.3, 0.4) is 0 Å². The van der Waals surface area contributed by atoms with Gasteiger partial charge in [0.25, 0.3) is 11.4 Å². The van der Waals surface area contributed by atoms with Crippen LogP contribution >= 0.6 is 23.2 Å². The van der Waals surface area contributed by atoms with Crippen molar-refractivity contribution in [2.24, 2.45) is 0 Å². The van der Waals surface area contributed by atoms with E-state index in [1.807, 2.05) is 0 Å². The number of nitro groups is 2. The first-order chi connectivity index (χ1) is 14.2. The van der Waals surface area contributed by atoms with Gasteiger partial charge in [0.05, 0.1) is 9.85 Å². The van der Waals surface area contributed by atoms with Gasteiger partial charge in [0, 0.05) is 34.4 Å². The third kappa shape index (κ3) is 4.19. The van der Waals surface area contributed by atoms with E-state index in [0.717, 1.165) is 12.1 Å². The number of ketones is 2. The van der Waals surface area contributed by atoms with Crippen LogP contribution in [0.1, 0.15) is 31.8 Å². The molecule has 0 bridgehead atoms. The second-order valence-electron chi connectivity index (χ2n) is 6.09. The zero-order valence-corrected chi connectivity index (χ0v) is 16.4. The molecule has 0 radical (unpaired) electrons. The molecule has 0 aliphatic carbocycles. The summed E-state index contributed by atoms with van der Waals surface area (Å²) in [6.07, 6.45) is 0. The molecule has 0 spiro atoms. The highest BCUT2D eigenvalue weighted by Gasteiger charge is 2.20. The van der Waals surface area contributed by atoms with Crippen LogP contribution in [0.25, 0.3) is 0 Å². The van der Waals surface area contributed by atoms with Crippen LogP contribution in [0.5, 0.6) is 0 Å². The number of nitro benzene ring substituents is 2. The summed E-state index contributed by atoms with van der Waals surface area (Å²) in [5, 5.41) is 21.9. The number of nitrogens with zero attached hydrogens (tertiary/aromatic N) is 2. The van der Waals surface area contributed by atoms with Crippen molar-refractivity contribution in [1.29, 1.82) is 0 Å². The molecule has 0 N–H and O–H groups in total. The van der Waals surface area contributed by atoms with Crippen LogP contribution in [-0.2, 0) is 0 Å². The molecule has 150 valence electrons. The fraction of sp³-hybridized carbons (Fsp3) is 0. The molecule has 8 nitrogen and oxygen atoms in total. The highest BCUT2D eigenvalue weighted by atomic mass is 35.5. The average Bonchev–Trinajstić information content (AvgIpc) is 2.73. The summed E-state index contributed by atoms with van der Waals surface area (Å²) in [7, 11) is 0. The molecule has 3 aromatic rings. The van der Waals surface area contributed by atoms with Crippen LogP contribution in [0.2, 0.25) is 10.0 Å². The molecule has 0 saturated heterocycles. The molecule has 0 unspecified atom stereocenters. The number of benzene rings is 3. The van der Waals surface area contributed by atoms with Gasteiger partial charge in [-0.25, -0.2) is 0 Å². The Labute approximate surface area is 179 Å². The molecule has 3 aromatic carbocycles. The van der Waals surface area contributed by atoms with E-state index in [4.69, 9.17) is 23.2 Å². The van der Waals surface area contributed by atoms with E-state index in [0.29, 0.717) is 0 Å². The molecule has 0 aromatic heterocycles. The third-order valence-electron chi connectivity index (χ3n) is 4.20. The molecular weight excluding hydrogens is 435 g/mol. The van der Waals surface area contributed by atoms with Gasteiger partial charge in [0.2, 0.25) is 0 Å². The lowest BCUT2D eigenvalue weighted by atomic mass is 9.97. The number of hydrogen-bond donors (Lipinski definition) is 0. The topological polar surface area (TPSA) is 120 Å². The van der Waals surface area contributed by atoms with Crippen LogP contribution in [-0.4, -0.2) is 21.4 Å². The highest BCUT2D eigenvalue weighted by molar-refractivity contribution is 6.33. The Hall–Kier alpha value is -3.62. The summed E-state index contributed by atoms with van der Waals surface area (Å²) in [5.74, 6) is -1.10. The van der Waals surface area contributed by atoms with Gasteiger partial charge in [0.1, 0.15) is 10.0 Å². The quantitative estimate of drug-likeness (QED) is 0.290. The first-order valence-electron chi connectivity index (χ1n) is 8.26. The second kappa shape index (κ2) is 8.40. The Morgan fingerprint density at radius 1 is 0.633 bits per heavy atom. The van der Waals surface area contributed by atoms with Gasteiger partial charge in [-0.3, -0.25) is 29.8 Å². The maximum absolute atomic E-state index is 12.7. The summed E-state index contributed by atoms with van der Waals surface area (Å²) in [5.41, 5.74) is -0.552. The SMILES string of the molecule is O=C(c1cccc(C(=O)c2ccc(Cl)c([N+](=O)[O-])c2)c1)c1ccc(Cl)c([N+](=O)[O-])c1. The van der Waals surface area contributed by atoms with Crippen molar-refractivity contribution in [2.75, 3.05) is 0 Å². The summed E-state index contributed by atoms with van der Waals surface area (Å²) in [6, 6.07) is 13.0. The van der Waals surface area contributed by atoms with E-state index >= 15 is 0 Å². The van der Waals surface area contributed by atoms with E-state index < -0.39 is 32.8 Å². The summed E-state index contributed by atoms with van der Waals surface area (Å²) in [6.45, 7) is 0. The first kappa shape index (κ1) is 21.1. The van der Waals surface area contributed by atoms with Crippen LogP contribution < -0.4 is 0 Å². The van der Waals surface area contributed by atoms with Crippen molar-refractivity contribution in [3.8, 4) is 0 Å². The predicted molar refractivity (Wildman–Crippen MR) is 110 cm³/mol. The van der Waals surface area contributed by atoms with E-state index in [9.17, 15) is 29.8 Å². The molecule has 0 amide bonds. The molecule has 30 heavy (non-hydrogen) atoms. The number of carbonyl (C=O) groups is 2. The molecule has 10 heteroatoms. The Balaban J connectivity index is 1.97. The Morgan fingerprint density at radius 3 is 1.37 bits per heavy atom. The van der Waals surface area contributed by atoms with Gasteiger partial charge in [-0.2, -0.15) is 0 Å². The van der Waals surface area contributed by atoms with E-state index in [1.165, 1.54) is 48.5 Å². The smallest absolute Gasteiger partial charge is 0.288 e. The lowest BCUT2D eigenvalue weighted by Crippen LogP contribution is -2.07. The molecule has 0 aliphatic rings. The van der Waals surface area contributed by atoms with Crippen molar-refractivity contribution < 1.29 is 19.4 Å². The van der Waals surface area contributed by atoms with Crippen LogP contribution in [0.4, 0.5) is 11.4 Å². The van der Waals surface area contributed by atoms with Crippen molar-refractivity contribution in [3.05, 3.63) is 113 Å². The Morgan fingerprint density at radius 2 is 1.00 bits per heavy atom. The predicted octanol–water partition coefficient (Wildman–Crippen LogP) is 5.27. The van der Waals surface area contributed by atoms with Gasteiger partial charge in [-0.1, -0.05) is 41.4 Å². The van der Waals surface area contributed by atoms with E-state index in [1.54, 1.807) is 0 Å². The van der Waals surface area contributed by atoms with Gasteiger partial charge in [0.15, 0.2) is 11.6 Å². The lowest BCUT2D eigenvalue weighted by Gasteiger charge is -2.06. The minimum Gasteiger partial charge on any atom is -0.289 e. The number of carbonyl (C=O) groups excluding carboxylic acids is 2. The monoisotopic (exact) mass is 444 g/mol. The number of rotatable bonds is 6. The molecular formula is C20H10Cl2N2O6. The summed E-state index contributed by atoms with van der Waals surface area (Å²) in [4.78, 5) is 46.2. The lowest BCUT2D eigenvalue weighted by molar-refractivity contribution is -0.384. The minimum atomic E-state index is -0.702. The third-order valence-corrected chi connectivity index (χ3v) is 4.84. The molecule has 0 fully saturated rings. The maximum atomic E-state index is 12.7. The molecule has 0 atom stereocenters. The van der Waals surface area contributed by atoms with Crippen molar-refractivity contribution in [1.82, 2.24) is 0 Å². The minimum absolute atomic E-state index is 0.0258. The highest BCUT2D eigenvalue weighted by Crippen LogP contribution is 2.28. The number of halogens is 2. The molecule has 0 heterocycles. The fourth-order valence-electron chi connectivity index (χ4n) is 2.72. The summed E-state index contributed by atoms with van der Waals surface area (Å²) < 4.78 is 0. The Kier molecular flexibility index (Phi) is 5.91. The van der Waals surface area contributed by atoms with Gasteiger partial charge < -0.3 is 0 Å². The zero-order valence-electron chi connectivity index (χ0n) is 14.9.